The van der Waals surface area contributed by atoms with Gasteiger partial charge in [-0.05, 0) is 36.2 Å². The zero-order valence-corrected chi connectivity index (χ0v) is 11.3. The van der Waals surface area contributed by atoms with Gasteiger partial charge in [-0.2, -0.15) is 4.98 Å². The first-order valence-corrected chi connectivity index (χ1v) is 6.53. The lowest BCUT2D eigenvalue weighted by Crippen LogP contribution is -2.06. The fourth-order valence-corrected chi connectivity index (χ4v) is 2.05. The Morgan fingerprint density at radius 3 is 3.00 bits per heavy atom. The molecule has 0 atom stereocenters. The molecule has 2 aromatic heterocycles. The highest BCUT2D eigenvalue weighted by molar-refractivity contribution is 5.42. The summed E-state index contributed by atoms with van der Waals surface area (Å²) in [4.78, 5) is 4.39. The summed E-state index contributed by atoms with van der Waals surface area (Å²) in [7, 11) is 1.68. The molecule has 0 saturated carbocycles. The number of aromatic nitrogens is 3. The Morgan fingerprint density at radius 2 is 2.15 bits per heavy atom. The molecule has 3 rings (SSSR count). The first kappa shape index (κ1) is 12.5. The molecular formula is C15H16N4O. The second-order valence-electron chi connectivity index (χ2n) is 4.47. The minimum absolute atomic E-state index is 0.652. The van der Waals surface area contributed by atoms with E-state index in [2.05, 4.69) is 21.5 Å². The van der Waals surface area contributed by atoms with Crippen molar-refractivity contribution >= 4 is 11.6 Å². The standard InChI is InChI=1S/C15H16N4O/c1-20-13-6-4-5-12(11-13)8-9-16-15-17-14-7-2-3-10-19(14)18-15/h2-7,10-11H,8-9H2,1H3,(H,16,18). The lowest BCUT2D eigenvalue weighted by molar-refractivity contribution is 0.414. The van der Waals surface area contributed by atoms with Crippen LogP contribution >= 0.6 is 0 Å². The van der Waals surface area contributed by atoms with E-state index in [1.165, 1.54) is 5.56 Å². The van der Waals surface area contributed by atoms with Crippen LogP contribution < -0.4 is 10.1 Å². The molecular weight excluding hydrogens is 252 g/mol. The van der Waals surface area contributed by atoms with E-state index in [0.29, 0.717) is 5.95 Å². The molecule has 0 unspecified atom stereocenters. The molecule has 20 heavy (non-hydrogen) atoms. The molecule has 1 aromatic carbocycles. The summed E-state index contributed by atoms with van der Waals surface area (Å²) in [6.07, 6.45) is 2.78. The van der Waals surface area contributed by atoms with Crippen LogP contribution in [0.15, 0.2) is 48.7 Å². The Labute approximate surface area is 117 Å². The number of pyridine rings is 1. The van der Waals surface area contributed by atoms with E-state index in [-0.39, 0.29) is 0 Å². The number of ether oxygens (including phenoxy) is 1. The molecule has 0 radical (unpaired) electrons. The number of hydrogen-bond donors (Lipinski definition) is 1. The Balaban J connectivity index is 1.61. The van der Waals surface area contributed by atoms with Crippen molar-refractivity contribution in [3.8, 4) is 5.75 Å². The maximum atomic E-state index is 5.21. The van der Waals surface area contributed by atoms with E-state index in [1.807, 2.05) is 42.6 Å². The van der Waals surface area contributed by atoms with Gasteiger partial charge in [0.05, 0.1) is 7.11 Å². The number of rotatable bonds is 5. The summed E-state index contributed by atoms with van der Waals surface area (Å²) >= 11 is 0. The third-order valence-corrected chi connectivity index (χ3v) is 3.07. The predicted molar refractivity (Wildman–Crippen MR) is 78.2 cm³/mol. The predicted octanol–water partition coefficient (Wildman–Crippen LogP) is 2.39. The van der Waals surface area contributed by atoms with Crippen LogP contribution in [0, 0.1) is 0 Å². The average molecular weight is 268 g/mol. The SMILES string of the molecule is COc1cccc(CCNc2nc3ccccn3n2)c1. The van der Waals surface area contributed by atoms with Crippen LogP contribution in [0.4, 0.5) is 5.95 Å². The summed E-state index contributed by atoms with van der Waals surface area (Å²) in [5, 5.41) is 7.58. The lowest BCUT2D eigenvalue weighted by Gasteiger charge is -2.04. The zero-order valence-electron chi connectivity index (χ0n) is 11.3. The fourth-order valence-electron chi connectivity index (χ4n) is 2.05. The van der Waals surface area contributed by atoms with Crippen LogP contribution in [-0.4, -0.2) is 28.3 Å². The molecule has 0 aliphatic rings. The third kappa shape index (κ3) is 2.71. The normalized spacial score (nSPS) is 10.7. The molecule has 0 amide bonds. The molecule has 0 fully saturated rings. The molecule has 3 aromatic rings. The molecule has 0 saturated heterocycles. The number of nitrogens with zero attached hydrogens (tertiary/aromatic N) is 3. The molecule has 5 heteroatoms. The smallest absolute Gasteiger partial charge is 0.243 e. The topological polar surface area (TPSA) is 51.5 Å². The second-order valence-corrected chi connectivity index (χ2v) is 4.47. The van der Waals surface area contributed by atoms with Crippen molar-refractivity contribution in [2.75, 3.05) is 19.0 Å². The van der Waals surface area contributed by atoms with Gasteiger partial charge in [-0.3, -0.25) is 0 Å². The summed E-state index contributed by atoms with van der Waals surface area (Å²) in [6.45, 7) is 0.782. The van der Waals surface area contributed by atoms with Crippen molar-refractivity contribution in [1.29, 1.82) is 0 Å². The van der Waals surface area contributed by atoms with E-state index >= 15 is 0 Å². The third-order valence-electron chi connectivity index (χ3n) is 3.07. The monoisotopic (exact) mass is 268 g/mol. The summed E-state index contributed by atoms with van der Waals surface area (Å²) in [5.74, 6) is 1.53. The van der Waals surface area contributed by atoms with E-state index < -0.39 is 0 Å². The van der Waals surface area contributed by atoms with Gasteiger partial charge < -0.3 is 10.1 Å². The molecule has 0 aliphatic carbocycles. The number of nitrogens with one attached hydrogen (secondary N) is 1. The number of fused-ring (bicyclic) bond motifs is 1. The summed E-state index contributed by atoms with van der Waals surface area (Å²) < 4.78 is 6.97. The largest absolute Gasteiger partial charge is 0.497 e. The van der Waals surface area contributed by atoms with Gasteiger partial charge >= 0.3 is 0 Å². The van der Waals surface area contributed by atoms with Crippen LogP contribution in [0.2, 0.25) is 0 Å². The van der Waals surface area contributed by atoms with Gasteiger partial charge in [0.25, 0.3) is 0 Å². The highest BCUT2D eigenvalue weighted by Gasteiger charge is 2.02. The summed E-state index contributed by atoms with van der Waals surface area (Å²) in [6, 6.07) is 13.9. The molecule has 2 heterocycles. The van der Waals surface area contributed by atoms with Gasteiger partial charge in [0.2, 0.25) is 5.95 Å². The average Bonchev–Trinajstić information content (AvgIpc) is 2.90. The highest BCUT2D eigenvalue weighted by atomic mass is 16.5. The van der Waals surface area contributed by atoms with Crippen LogP contribution in [-0.2, 0) is 6.42 Å². The van der Waals surface area contributed by atoms with E-state index in [1.54, 1.807) is 11.6 Å². The Bertz CT molecular complexity index is 675. The Morgan fingerprint density at radius 1 is 1.20 bits per heavy atom. The Hall–Kier alpha value is -2.56. The van der Waals surface area contributed by atoms with Gasteiger partial charge in [0.1, 0.15) is 5.75 Å². The fraction of sp³-hybridized carbons (Fsp3) is 0.200. The molecule has 1 N–H and O–H groups in total. The number of benzene rings is 1. The quantitative estimate of drug-likeness (QED) is 0.772. The Kier molecular flexibility index (Phi) is 3.50. The van der Waals surface area contributed by atoms with E-state index in [0.717, 1.165) is 24.4 Å². The van der Waals surface area contributed by atoms with Gasteiger partial charge in [0, 0.05) is 12.7 Å². The van der Waals surface area contributed by atoms with Crippen molar-refractivity contribution in [2.45, 2.75) is 6.42 Å². The van der Waals surface area contributed by atoms with Crippen molar-refractivity contribution in [3.05, 3.63) is 54.2 Å². The van der Waals surface area contributed by atoms with Crippen molar-refractivity contribution in [2.24, 2.45) is 0 Å². The van der Waals surface area contributed by atoms with Gasteiger partial charge in [-0.25, -0.2) is 4.52 Å². The van der Waals surface area contributed by atoms with Crippen LogP contribution in [0.3, 0.4) is 0 Å². The first-order valence-electron chi connectivity index (χ1n) is 6.53. The highest BCUT2D eigenvalue weighted by Crippen LogP contribution is 2.13. The zero-order chi connectivity index (χ0) is 13.8. The van der Waals surface area contributed by atoms with E-state index in [9.17, 15) is 0 Å². The van der Waals surface area contributed by atoms with E-state index in [4.69, 9.17) is 4.74 Å². The maximum Gasteiger partial charge on any atom is 0.243 e. The number of hydrogen-bond acceptors (Lipinski definition) is 4. The van der Waals surface area contributed by atoms with Crippen molar-refractivity contribution in [3.63, 3.8) is 0 Å². The van der Waals surface area contributed by atoms with Crippen molar-refractivity contribution < 1.29 is 4.74 Å². The summed E-state index contributed by atoms with van der Waals surface area (Å²) in [5.41, 5.74) is 2.07. The van der Waals surface area contributed by atoms with Gasteiger partial charge in [0.15, 0.2) is 5.65 Å². The van der Waals surface area contributed by atoms with Gasteiger partial charge in [-0.15, -0.1) is 5.10 Å². The number of anilines is 1. The maximum absolute atomic E-state index is 5.21. The molecule has 5 nitrogen and oxygen atoms in total. The number of methoxy groups -OCH3 is 1. The first-order chi connectivity index (χ1) is 9.85. The van der Waals surface area contributed by atoms with Crippen LogP contribution in [0.5, 0.6) is 5.75 Å². The van der Waals surface area contributed by atoms with Crippen LogP contribution in [0.1, 0.15) is 5.56 Å². The van der Waals surface area contributed by atoms with Gasteiger partial charge in [-0.1, -0.05) is 18.2 Å². The molecule has 0 aliphatic heterocycles. The minimum Gasteiger partial charge on any atom is -0.497 e. The molecule has 0 bridgehead atoms. The molecule has 0 spiro atoms. The molecule has 102 valence electrons. The van der Waals surface area contributed by atoms with Crippen LogP contribution in [0.25, 0.3) is 5.65 Å². The van der Waals surface area contributed by atoms with Crippen molar-refractivity contribution in [1.82, 2.24) is 14.6 Å². The lowest BCUT2D eigenvalue weighted by atomic mass is 10.1. The minimum atomic E-state index is 0.652. The second kappa shape index (κ2) is 5.61.